The number of ether oxygens (including phenoxy) is 1. The largest absolute Gasteiger partial charge is 0.449 e. The van der Waals surface area contributed by atoms with Crippen LogP contribution in [0, 0.1) is 5.92 Å². The second-order valence-corrected chi connectivity index (χ2v) is 4.95. The number of halogens is 1. The van der Waals surface area contributed by atoms with E-state index < -0.39 is 11.5 Å². The van der Waals surface area contributed by atoms with Crippen LogP contribution in [0.3, 0.4) is 0 Å². The number of rotatable bonds is 1. The van der Waals surface area contributed by atoms with E-state index in [0.717, 1.165) is 6.42 Å². The molecule has 90 valence electrons. The Hall–Kier alpha value is -0.970. The molecule has 2 fully saturated rings. The van der Waals surface area contributed by atoms with Gasteiger partial charge < -0.3 is 15.0 Å². The van der Waals surface area contributed by atoms with Crippen LogP contribution in [0.2, 0.25) is 0 Å². The number of fused-ring (bicyclic) bond motifs is 1. The molecule has 2 amide bonds. The van der Waals surface area contributed by atoms with Crippen LogP contribution in [0.25, 0.3) is 0 Å². The Bertz CT molecular complexity index is 308. The van der Waals surface area contributed by atoms with Crippen molar-refractivity contribution < 1.29 is 14.3 Å². The van der Waals surface area contributed by atoms with Gasteiger partial charge in [0, 0.05) is 19.0 Å². The van der Waals surface area contributed by atoms with Gasteiger partial charge in [-0.1, -0.05) is 0 Å². The van der Waals surface area contributed by atoms with E-state index >= 15 is 0 Å². The van der Waals surface area contributed by atoms with Crippen LogP contribution in [0.4, 0.5) is 4.79 Å². The SMILES string of the molecule is CC(Cl)C(=O)N1CC[C@@H]2COC(=O)N[C@H]2C1. The molecule has 0 aromatic carbocycles. The third-order valence-electron chi connectivity index (χ3n) is 3.14. The molecule has 0 aliphatic carbocycles. The summed E-state index contributed by atoms with van der Waals surface area (Å²) in [5.41, 5.74) is 0. The van der Waals surface area contributed by atoms with Crippen LogP contribution in [-0.4, -0.2) is 48.0 Å². The van der Waals surface area contributed by atoms with Crippen LogP contribution < -0.4 is 5.32 Å². The standard InChI is InChI=1S/C10H15ClN2O3/c1-6(11)9(14)13-3-2-7-5-16-10(15)12-8(7)4-13/h6-8H,2-5H2,1H3,(H,12,15)/t6?,7-,8+/m1/s1. The number of carbonyl (C=O) groups is 2. The van der Waals surface area contributed by atoms with E-state index in [2.05, 4.69) is 5.32 Å². The summed E-state index contributed by atoms with van der Waals surface area (Å²) in [6.45, 7) is 3.35. The van der Waals surface area contributed by atoms with E-state index in [0.29, 0.717) is 25.6 Å². The number of likely N-dealkylation sites (tertiary alicyclic amines) is 1. The fourth-order valence-corrected chi connectivity index (χ4v) is 2.33. The molecule has 2 aliphatic rings. The summed E-state index contributed by atoms with van der Waals surface area (Å²) < 4.78 is 4.91. The molecule has 3 atom stereocenters. The van der Waals surface area contributed by atoms with Gasteiger partial charge in [-0.05, 0) is 13.3 Å². The molecule has 0 radical (unpaired) electrons. The molecule has 0 saturated carbocycles. The number of hydrogen-bond acceptors (Lipinski definition) is 3. The third-order valence-corrected chi connectivity index (χ3v) is 3.33. The number of cyclic esters (lactones) is 1. The van der Waals surface area contributed by atoms with Crippen molar-refractivity contribution >= 4 is 23.6 Å². The van der Waals surface area contributed by atoms with Crippen LogP contribution in [0.5, 0.6) is 0 Å². The minimum Gasteiger partial charge on any atom is -0.449 e. The fourth-order valence-electron chi connectivity index (χ4n) is 2.19. The van der Waals surface area contributed by atoms with Gasteiger partial charge in [0.1, 0.15) is 5.38 Å². The molecule has 0 aromatic rings. The lowest BCUT2D eigenvalue weighted by Crippen LogP contribution is -2.58. The Balaban J connectivity index is 1.98. The van der Waals surface area contributed by atoms with E-state index in [1.54, 1.807) is 11.8 Å². The molecule has 1 N–H and O–H groups in total. The van der Waals surface area contributed by atoms with Crippen molar-refractivity contribution in [3.8, 4) is 0 Å². The topological polar surface area (TPSA) is 58.6 Å². The molecule has 2 rings (SSSR count). The fraction of sp³-hybridized carbons (Fsp3) is 0.800. The van der Waals surface area contributed by atoms with Gasteiger partial charge in [0.2, 0.25) is 5.91 Å². The first kappa shape index (κ1) is 11.5. The smallest absolute Gasteiger partial charge is 0.407 e. The highest BCUT2D eigenvalue weighted by Gasteiger charge is 2.36. The second kappa shape index (κ2) is 4.49. The molecule has 0 aromatic heterocycles. The third kappa shape index (κ3) is 2.24. The Morgan fingerprint density at radius 2 is 2.44 bits per heavy atom. The highest BCUT2D eigenvalue weighted by molar-refractivity contribution is 6.30. The van der Waals surface area contributed by atoms with Gasteiger partial charge in [-0.3, -0.25) is 4.79 Å². The minimum atomic E-state index is -0.507. The summed E-state index contributed by atoms with van der Waals surface area (Å²) in [6.07, 6.45) is 0.454. The number of nitrogens with one attached hydrogen (secondary N) is 1. The first-order valence-electron chi connectivity index (χ1n) is 5.44. The van der Waals surface area contributed by atoms with Gasteiger partial charge in [0.15, 0.2) is 0 Å². The van der Waals surface area contributed by atoms with Crippen LogP contribution >= 0.6 is 11.6 Å². The van der Waals surface area contributed by atoms with E-state index in [1.165, 1.54) is 0 Å². The summed E-state index contributed by atoms with van der Waals surface area (Å²) in [5.74, 6) is 0.244. The van der Waals surface area contributed by atoms with Crippen molar-refractivity contribution in [3.63, 3.8) is 0 Å². The Kier molecular flexibility index (Phi) is 3.23. The molecule has 1 unspecified atom stereocenters. The molecule has 16 heavy (non-hydrogen) atoms. The summed E-state index contributed by atoms with van der Waals surface area (Å²) in [5, 5.41) is 2.24. The predicted molar refractivity (Wildman–Crippen MR) is 58.3 cm³/mol. The molecule has 0 bridgehead atoms. The van der Waals surface area contributed by atoms with Crippen molar-refractivity contribution in [2.75, 3.05) is 19.7 Å². The number of nitrogens with zero attached hydrogens (tertiary/aromatic N) is 1. The number of amides is 2. The summed E-state index contributed by atoms with van der Waals surface area (Å²) in [7, 11) is 0. The lowest BCUT2D eigenvalue weighted by Gasteiger charge is -2.41. The van der Waals surface area contributed by atoms with Crippen molar-refractivity contribution in [1.82, 2.24) is 10.2 Å². The molecule has 2 saturated heterocycles. The molecule has 6 heteroatoms. The summed E-state index contributed by atoms with van der Waals surface area (Å²) in [6, 6.07) is 0.00867. The van der Waals surface area contributed by atoms with Crippen molar-refractivity contribution in [2.45, 2.75) is 24.8 Å². The van der Waals surface area contributed by atoms with Gasteiger partial charge in [0.25, 0.3) is 0 Å². The maximum atomic E-state index is 11.7. The zero-order chi connectivity index (χ0) is 11.7. The highest BCUT2D eigenvalue weighted by atomic mass is 35.5. The number of carbonyl (C=O) groups excluding carboxylic acids is 2. The number of piperidine rings is 1. The molecular weight excluding hydrogens is 232 g/mol. The van der Waals surface area contributed by atoms with E-state index in [9.17, 15) is 9.59 Å². The number of alkyl halides is 1. The zero-order valence-electron chi connectivity index (χ0n) is 9.11. The van der Waals surface area contributed by atoms with Crippen LogP contribution in [-0.2, 0) is 9.53 Å². The zero-order valence-corrected chi connectivity index (χ0v) is 9.87. The van der Waals surface area contributed by atoms with Gasteiger partial charge in [0.05, 0.1) is 12.6 Å². The first-order valence-corrected chi connectivity index (χ1v) is 5.87. The molecule has 2 heterocycles. The van der Waals surface area contributed by atoms with Crippen molar-refractivity contribution in [3.05, 3.63) is 0 Å². The van der Waals surface area contributed by atoms with Crippen molar-refractivity contribution in [2.24, 2.45) is 5.92 Å². The molecule has 0 spiro atoms. The number of hydrogen-bond donors (Lipinski definition) is 1. The minimum absolute atomic E-state index is 0.00867. The summed E-state index contributed by atoms with van der Waals surface area (Å²) >= 11 is 5.76. The van der Waals surface area contributed by atoms with Crippen LogP contribution in [0.15, 0.2) is 0 Å². The lowest BCUT2D eigenvalue weighted by molar-refractivity contribution is -0.133. The van der Waals surface area contributed by atoms with Crippen LogP contribution in [0.1, 0.15) is 13.3 Å². The maximum absolute atomic E-state index is 11.7. The normalized spacial score (nSPS) is 31.1. The van der Waals surface area contributed by atoms with Crippen molar-refractivity contribution in [1.29, 1.82) is 0 Å². The Morgan fingerprint density at radius 1 is 1.69 bits per heavy atom. The van der Waals surface area contributed by atoms with E-state index in [4.69, 9.17) is 16.3 Å². The molecule has 2 aliphatic heterocycles. The van der Waals surface area contributed by atoms with Gasteiger partial charge in [-0.2, -0.15) is 0 Å². The lowest BCUT2D eigenvalue weighted by atomic mass is 9.91. The van der Waals surface area contributed by atoms with Gasteiger partial charge >= 0.3 is 6.09 Å². The Morgan fingerprint density at radius 3 is 3.12 bits per heavy atom. The monoisotopic (exact) mass is 246 g/mol. The van der Waals surface area contributed by atoms with E-state index in [1.807, 2.05) is 0 Å². The molecule has 5 nitrogen and oxygen atoms in total. The predicted octanol–water partition coefficient (Wildman–Crippen LogP) is 0.571. The van der Waals surface area contributed by atoms with E-state index in [-0.39, 0.29) is 11.9 Å². The second-order valence-electron chi connectivity index (χ2n) is 4.30. The average molecular weight is 247 g/mol. The summed E-state index contributed by atoms with van der Waals surface area (Å²) in [4.78, 5) is 24.5. The first-order chi connectivity index (χ1) is 7.58. The molecular formula is C10H15ClN2O3. The van der Waals surface area contributed by atoms with Gasteiger partial charge in [-0.15, -0.1) is 11.6 Å². The quantitative estimate of drug-likeness (QED) is 0.689. The highest BCUT2D eigenvalue weighted by Crippen LogP contribution is 2.22. The average Bonchev–Trinajstić information content (AvgIpc) is 2.26. The number of alkyl carbamates (subject to hydrolysis) is 1. The Labute approximate surface area is 99.1 Å². The maximum Gasteiger partial charge on any atom is 0.407 e. The van der Waals surface area contributed by atoms with Gasteiger partial charge in [-0.25, -0.2) is 4.79 Å².